The van der Waals surface area contributed by atoms with Gasteiger partial charge in [0.1, 0.15) is 0 Å². The lowest BCUT2D eigenvalue weighted by molar-refractivity contribution is -0.134. The summed E-state index contributed by atoms with van der Waals surface area (Å²) in [5, 5.41) is 0. The molecule has 1 atom stereocenters. The first-order valence-electron chi connectivity index (χ1n) is 7.91. The molecule has 2 rings (SSSR count). The molecule has 0 bridgehead atoms. The summed E-state index contributed by atoms with van der Waals surface area (Å²) in [6.07, 6.45) is 2.90. The van der Waals surface area contributed by atoms with Gasteiger partial charge in [0.2, 0.25) is 5.91 Å². The van der Waals surface area contributed by atoms with E-state index in [1.54, 1.807) is 0 Å². The highest BCUT2D eigenvalue weighted by Crippen LogP contribution is 2.33. The fraction of sp³-hybridized carbons (Fsp3) is 0.611. The molecule has 0 spiro atoms. The summed E-state index contributed by atoms with van der Waals surface area (Å²) >= 11 is 0. The quantitative estimate of drug-likeness (QED) is 0.837. The van der Waals surface area contributed by atoms with E-state index < -0.39 is 0 Å². The van der Waals surface area contributed by atoms with Gasteiger partial charge >= 0.3 is 0 Å². The zero-order valence-corrected chi connectivity index (χ0v) is 13.7. The molecule has 0 aromatic heterocycles. The number of hydrogen-bond donors (Lipinski definition) is 1. The van der Waals surface area contributed by atoms with Crippen LogP contribution in [0.25, 0.3) is 0 Å². The Morgan fingerprint density at radius 3 is 2.57 bits per heavy atom. The van der Waals surface area contributed by atoms with E-state index in [-0.39, 0.29) is 11.3 Å². The zero-order valence-electron chi connectivity index (χ0n) is 13.7. The summed E-state index contributed by atoms with van der Waals surface area (Å²) in [7, 11) is 0. The molecule has 1 unspecified atom stereocenters. The second-order valence-electron chi connectivity index (χ2n) is 7.47. The summed E-state index contributed by atoms with van der Waals surface area (Å²) in [6.45, 7) is 9.45. The van der Waals surface area contributed by atoms with Crippen LogP contribution in [-0.2, 0) is 11.3 Å². The van der Waals surface area contributed by atoms with E-state index >= 15 is 0 Å². The second-order valence-corrected chi connectivity index (χ2v) is 7.47. The van der Waals surface area contributed by atoms with Gasteiger partial charge < -0.3 is 10.6 Å². The first kappa shape index (κ1) is 15.9. The van der Waals surface area contributed by atoms with Gasteiger partial charge in [-0.15, -0.1) is 0 Å². The normalized spacial score (nSPS) is 16.6. The highest BCUT2D eigenvalue weighted by atomic mass is 16.2. The molecule has 2 N–H and O–H groups in total. The number of nitrogen functional groups attached to an aromatic ring is 1. The van der Waals surface area contributed by atoms with E-state index in [0.717, 1.165) is 24.1 Å². The number of carbonyl (C=O) groups is 1. The molecule has 1 saturated carbocycles. The number of nitrogens with two attached hydrogens (primary N) is 1. The molecule has 1 aliphatic rings. The number of carbonyl (C=O) groups excluding carboxylic acids is 1. The molecule has 21 heavy (non-hydrogen) atoms. The minimum Gasteiger partial charge on any atom is -0.399 e. The van der Waals surface area contributed by atoms with E-state index in [9.17, 15) is 4.79 Å². The van der Waals surface area contributed by atoms with Crippen LogP contribution in [0.2, 0.25) is 0 Å². The van der Waals surface area contributed by atoms with Crippen molar-refractivity contribution >= 4 is 11.6 Å². The zero-order chi connectivity index (χ0) is 15.6. The van der Waals surface area contributed by atoms with Gasteiger partial charge in [0, 0.05) is 24.7 Å². The molecule has 0 saturated heterocycles. The van der Waals surface area contributed by atoms with Gasteiger partial charge in [-0.05, 0) is 41.9 Å². The van der Waals surface area contributed by atoms with Gasteiger partial charge in [-0.25, -0.2) is 0 Å². The summed E-state index contributed by atoms with van der Waals surface area (Å²) in [5.74, 6) is 0.662. The van der Waals surface area contributed by atoms with Crippen LogP contribution in [0.3, 0.4) is 0 Å². The fourth-order valence-electron chi connectivity index (χ4n) is 2.38. The van der Waals surface area contributed by atoms with Crippen LogP contribution >= 0.6 is 0 Å². The monoisotopic (exact) mass is 288 g/mol. The third kappa shape index (κ3) is 4.48. The molecule has 0 aliphatic heterocycles. The van der Waals surface area contributed by atoms with Crippen molar-refractivity contribution < 1.29 is 4.79 Å². The number of benzene rings is 1. The van der Waals surface area contributed by atoms with Crippen LogP contribution in [0.1, 0.15) is 52.5 Å². The Morgan fingerprint density at radius 1 is 1.38 bits per heavy atom. The number of amides is 1. The largest absolute Gasteiger partial charge is 0.399 e. The molecule has 3 nitrogen and oxygen atoms in total. The summed E-state index contributed by atoms with van der Waals surface area (Å²) in [5.41, 5.74) is 7.89. The second kappa shape index (κ2) is 6.08. The topological polar surface area (TPSA) is 46.3 Å². The predicted molar refractivity (Wildman–Crippen MR) is 87.7 cm³/mol. The Hall–Kier alpha value is -1.51. The molecule has 1 aromatic carbocycles. The average Bonchev–Trinajstić information content (AvgIpc) is 3.18. The van der Waals surface area contributed by atoms with Crippen LogP contribution in [0.5, 0.6) is 0 Å². The predicted octanol–water partition coefficient (Wildman–Crippen LogP) is 3.83. The summed E-state index contributed by atoms with van der Waals surface area (Å²) < 4.78 is 0. The van der Waals surface area contributed by atoms with E-state index in [4.69, 9.17) is 5.73 Å². The standard InChI is InChI=1S/C18H28N2O/c1-13(18(2,3)4)10-17(21)20(16-8-9-16)12-14-6-5-7-15(19)11-14/h5-7,11,13,16H,8-10,12,19H2,1-4H3. The maximum absolute atomic E-state index is 12.7. The molecule has 3 heteroatoms. The molecule has 0 radical (unpaired) electrons. The lowest BCUT2D eigenvalue weighted by atomic mass is 9.80. The van der Waals surface area contributed by atoms with Crippen molar-refractivity contribution in [2.45, 2.75) is 59.5 Å². The average molecular weight is 288 g/mol. The van der Waals surface area contributed by atoms with Gasteiger partial charge in [-0.2, -0.15) is 0 Å². The molecule has 116 valence electrons. The van der Waals surface area contributed by atoms with Gasteiger partial charge in [0.05, 0.1) is 0 Å². The highest BCUT2D eigenvalue weighted by molar-refractivity contribution is 5.77. The van der Waals surface area contributed by atoms with Gasteiger partial charge in [0.25, 0.3) is 0 Å². The van der Waals surface area contributed by atoms with Crippen LogP contribution < -0.4 is 5.73 Å². The number of nitrogens with zero attached hydrogens (tertiary/aromatic N) is 1. The fourth-order valence-corrected chi connectivity index (χ4v) is 2.38. The maximum atomic E-state index is 12.7. The lowest BCUT2D eigenvalue weighted by Gasteiger charge is -2.30. The van der Waals surface area contributed by atoms with Crippen molar-refractivity contribution in [2.24, 2.45) is 11.3 Å². The van der Waals surface area contributed by atoms with Crippen molar-refractivity contribution in [3.05, 3.63) is 29.8 Å². The number of rotatable bonds is 5. The minimum atomic E-state index is 0.169. The number of hydrogen-bond acceptors (Lipinski definition) is 2. The first-order chi connectivity index (χ1) is 9.77. The van der Waals surface area contributed by atoms with Gasteiger partial charge in [-0.1, -0.05) is 39.8 Å². The Morgan fingerprint density at radius 2 is 2.05 bits per heavy atom. The van der Waals surface area contributed by atoms with Gasteiger partial charge in [0.15, 0.2) is 0 Å². The molecule has 1 aromatic rings. The molecular weight excluding hydrogens is 260 g/mol. The third-order valence-corrected chi connectivity index (χ3v) is 4.57. The highest BCUT2D eigenvalue weighted by Gasteiger charge is 2.34. The van der Waals surface area contributed by atoms with Crippen molar-refractivity contribution in [1.29, 1.82) is 0 Å². The van der Waals surface area contributed by atoms with Crippen LogP contribution in [0.15, 0.2) is 24.3 Å². The Kier molecular flexibility index (Phi) is 4.60. The van der Waals surface area contributed by atoms with Crippen LogP contribution in [0, 0.1) is 11.3 Å². The summed E-state index contributed by atoms with van der Waals surface area (Å²) in [6, 6.07) is 8.29. The molecular formula is C18H28N2O. The molecule has 1 fully saturated rings. The molecule has 1 aliphatic carbocycles. The Labute approximate surface area is 128 Å². The van der Waals surface area contributed by atoms with E-state index in [0.29, 0.717) is 24.9 Å². The smallest absolute Gasteiger partial charge is 0.223 e. The SMILES string of the molecule is CC(CC(=O)N(Cc1cccc(N)c1)C1CC1)C(C)(C)C. The minimum absolute atomic E-state index is 0.169. The number of anilines is 1. The van der Waals surface area contributed by atoms with Crippen molar-refractivity contribution in [3.8, 4) is 0 Å². The van der Waals surface area contributed by atoms with Crippen molar-refractivity contribution in [2.75, 3.05) is 5.73 Å². The van der Waals surface area contributed by atoms with E-state index in [1.165, 1.54) is 0 Å². The van der Waals surface area contributed by atoms with E-state index in [2.05, 4.69) is 32.6 Å². The van der Waals surface area contributed by atoms with Crippen molar-refractivity contribution in [1.82, 2.24) is 4.90 Å². The third-order valence-electron chi connectivity index (χ3n) is 4.57. The van der Waals surface area contributed by atoms with Gasteiger partial charge in [-0.3, -0.25) is 4.79 Å². The maximum Gasteiger partial charge on any atom is 0.223 e. The lowest BCUT2D eigenvalue weighted by Crippen LogP contribution is -2.35. The summed E-state index contributed by atoms with van der Waals surface area (Å²) in [4.78, 5) is 14.7. The van der Waals surface area contributed by atoms with Crippen molar-refractivity contribution in [3.63, 3.8) is 0 Å². The Bertz CT molecular complexity index is 500. The molecule has 0 heterocycles. The Balaban J connectivity index is 2.04. The van der Waals surface area contributed by atoms with Crippen LogP contribution in [-0.4, -0.2) is 16.8 Å². The first-order valence-corrected chi connectivity index (χ1v) is 7.91. The molecule has 1 amide bonds. The van der Waals surface area contributed by atoms with Crippen LogP contribution in [0.4, 0.5) is 5.69 Å². The van der Waals surface area contributed by atoms with E-state index in [1.807, 2.05) is 24.3 Å².